The van der Waals surface area contributed by atoms with Crippen LogP contribution in [-0.4, -0.2) is 39.0 Å². The Morgan fingerprint density at radius 1 is 1.14 bits per heavy atom. The fourth-order valence-electron chi connectivity index (χ4n) is 4.61. The third-order valence-corrected chi connectivity index (χ3v) is 8.45. The lowest BCUT2D eigenvalue weighted by Crippen LogP contribution is -2.17. The first-order valence-corrected chi connectivity index (χ1v) is 14.5. The van der Waals surface area contributed by atoms with Crippen molar-refractivity contribution in [2.75, 3.05) is 17.7 Å². The summed E-state index contributed by atoms with van der Waals surface area (Å²) in [5.41, 5.74) is 3.84. The van der Waals surface area contributed by atoms with E-state index in [0.29, 0.717) is 28.2 Å². The molecule has 0 saturated carbocycles. The number of carbonyl (C=O) groups excluding carboxylic acids is 2. The van der Waals surface area contributed by atoms with Gasteiger partial charge in [0.25, 0.3) is 0 Å². The van der Waals surface area contributed by atoms with Crippen LogP contribution in [0.4, 0.5) is 5.00 Å². The van der Waals surface area contributed by atoms with Crippen molar-refractivity contribution in [3.8, 4) is 5.75 Å². The number of anilines is 1. The van der Waals surface area contributed by atoms with Gasteiger partial charge in [-0.2, -0.15) is 0 Å². The van der Waals surface area contributed by atoms with E-state index in [9.17, 15) is 9.59 Å². The molecule has 2 aromatic heterocycles. The number of carbonyl (C=O) groups is 2. The van der Waals surface area contributed by atoms with Gasteiger partial charge in [-0.15, -0.1) is 21.5 Å². The highest BCUT2D eigenvalue weighted by Crippen LogP contribution is 2.38. The van der Waals surface area contributed by atoms with Crippen molar-refractivity contribution in [2.45, 2.75) is 71.1 Å². The SMILES string of the molecule is CCOC(=O)c1c(NC(=O)CSc2nnc(C(C)Oc3cc(C)cc(C)c3)n2C)sc2c1CCCCC2. The lowest BCUT2D eigenvalue weighted by Gasteiger charge is -2.15. The Morgan fingerprint density at radius 3 is 2.59 bits per heavy atom. The molecule has 1 aliphatic rings. The number of thiophene rings is 1. The normalized spacial score (nSPS) is 14.0. The fraction of sp³-hybridized carbons (Fsp3) is 0.481. The van der Waals surface area contributed by atoms with E-state index in [1.807, 2.05) is 44.5 Å². The van der Waals surface area contributed by atoms with Crippen LogP contribution in [0.5, 0.6) is 5.75 Å². The Hall–Kier alpha value is -2.85. The molecule has 4 rings (SSSR count). The number of nitrogens with one attached hydrogen (secondary N) is 1. The molecule has 1 amide bonds. The van der Waals surface area contributed by atoms with Gasteiger partial charge in [0.2, 0.25) is 5.91 Å². The third-order valence-electron chi connectivity index (χ3n) is 6.23. The first kappa shape index (κ1) is 27.2. The summed E-state index contributed by atoms with van der Waals surface area (Å²) in [6.45, 7) is 8.10. The average Bonchev–Trinajstić information content (AvgIpc) is 3.27. The van der Waals surface area contributed by atoms with Gasteiger partial charge in [0.15, 0.2) is 17.1 Å². The fourth-order valence-corrected chi connectivity index (χ4v) is 6.62. The number of fused-ring (bicyclic) bond motifs is 1. The van der Waals surface area contributed by atoms with E-state index in [2.05, 4.69) is 21.6 Å². The highest BCUT2D eigenvalue weighted by Gasteiger charge is 2.27. The third kappa shape index (κ3) is 6.54. The molecule has 198 valence electrons. The zero-order valence-electron chi connectivity index (χ0n) is 22.1. The molecule has 2 heterocycles. The maximum Gasteiger partial charge on any atom is 0.341 e. The molecule has 1 aromatic carbocycles. The minimum Gasteiger partial charge on any atom is -0.483 e. The summed E-state index contributed by atoms with van der Waals surface area (Å²) in [4.78, 5) is 26.8. The van der Waals surface area contributed by atoms with E-state index in [0.717, 1.165) is 54.5 Å². The average molecular weight is 543 g/mol. The summed E-state index contributed by atoms with van der Waals surface area (Å²) in [6, 6.07) is 6.09. The summed E-state index contributed by atoms with van der Waals surface area (Å²) in [5.74, 6) is 1.04. The molecule has 37 heavy (non-hydrogen) atoms. The van der Waals surface area contributed by atoms with Crippen LogP contribution in [0.1, 0.15) is 77.0 Å². The molecule has 3 aromatic rings. The Bertz CT molecular complexity index is 1260. The number of nitrogens with zero attached hydrogens (tertiary/aromatic N) is 3. The van der Waals surface area contributed by atoms with Crippen molar-refractivity contribution in [1.29, 1.82) is 0 Å². The minimum absolute atomic E-state index is 0.142. The number of rotatable bonds is 9. The molecule has 1 N–H and O–H groups in total. The molecule has 0 saturated heterocycles. The summed E-state index contributed by atoms with van der Waals surface area (Å²) >= 11 is 2.80. The lowest BCUT2D eigenvalue weighted by atomic mass is 10.1. The van der Waals surface area contributed by atoms with Gasteiger partial charge in [-0.05, 0) is 82.2 Å². The number of amides is 1. The Labute approximate surface area is 226 Å². The molecule has 0 aliphatic heterocycles. The first-order chi connectivity index (χ1) is 17.8. The molecule has 0 spiro atoms. The monoisotopic (exact) mass is 542 g/mol. The van der Waals surface area contributed by atoms with Crippen molar-refractivity contribution < 1.29 is 19.1 Å². The van der Waals surface area contributed by atoms with Crippen LogP contribution >= 0.6 is 23.1 Å². The van der Waals surface area contributed by atoms with Gasteiger partial charge in [-0.25, -0.2) is 4.79 Å². The van der Waals surface area contributed by atoms with Crippen LogP contribution in [0.25, 0.3) is 0 Å². The number of hydrogen-bond donors (Lipinski definition) is 1. The number of aryl methyl sites for hydroxylation is 3. The van der Waals surface area contributed by atoms with Gasteiger partial charge in [0.1, 0.15) is 10.8 Å². The Balaban J connectivity index is 1.42. The second-order valence-corrected chi connectivity index (χ2v) is 11.4. The number of thioether (sulfide) groups is 1. The van der Waals surface area contributed by atoms with E-state index >= 15 is 0 Å². The Morgan fingerprint density at radius 2 is 1.86 bits per heavy atom. The Kier molecular flexibility index (Phi) is 8.91. The standard InChI is InChI=1S/C27H34N4O4S2/c1-6-34-26(33)23-20-10-8-7-9-11-21(20)37-25(23)28-22(32)15-36-27-30-29-24(31(27)5)18(4)35-19-13-16(2)12-17(3)14-19/h12-14,18H,6-11,15H2,1-5H3,(H,28,32). The van der Waals surface area contributed by atoms with Crippen molar-refractivity contribution >= 4 is 40.0 Å². The van der Waals surface area contributed by atoms with Crippen molar-refractivity contribution in [3.63, 3.8) is 0 Å². The van der Waals surface area contributed by atoms with Crippen LogP contribution in [0.15, 0.2) is 23.4 Å². The van der Waals surface area contributed by atoms with Gasteiger partial charge in [0.05, 0.1) is 17.9 Å². The maximum absolute atomic E-state index is 12.9. The summed E-state index contributed by atoms with van der Waals surface area (Å²) in [5, 5.41) is 12.7. The van der Waals surface area contributed by atoms with Crippen LogP contribution in [-0.2, 0) is 29.4 Å². The minimum atomic E-state index is -0.361. The van der Waals surface area contributed by atoms with E-state index in [4.69, 9.17) is 9.47 Å². The molecular formula is C27H34N4O4S2. The van der Waals surface area contributed by atoms with Gasteiger partial charge in [0, 0.05) is 11.9 Å². The number of hydrogen-bond acceptors (Lipinski definition) is 8. The summed E-state index contributed by atoms with van der Waals surface area (Å²) < 4.78 is 13.3. The quantitative estimate of drug-likeness (QED) is 0.207. The van der Waals surface area contributed by atoms with Gasteiger partial charge in [-0.3, -0.25) is 4.79 Å². The molecule has 0 fully saturated rings. The number of aromatic nitrogens is 3. The second-order valence-electron chi connectivity index (χ2n) is 9.31. The molecule has 1 unspecified atom stereocenters. The molecule has 0 radical (unpaired) electrons. The van der Waals surface area contributed by atoms with Crippen molar-refractivity contribution in [1.82, 2.24) is 14.8 Å². The largest absolute Gasteiger partial charge is 0.483 e. The molecule has 10 heteroatoms. The van der Waals surface area contributed by atoms with Crippen LogP contribution in [0.2, 0.25) is 0 Å². The zero-order chi connectivity index (χ0) is 26.5. The van der Waals surface area contributed by atoms with E-state index < -0.39 is 0 Å². The van der Waals surface area contributed by atoms with E-state index in [1.165, 1.54) is 28.0 Å². The topological polar surface area (TPSA) is 95.3 Å². The van der Waals surface area contributed by atoms with Crippen LogP contribution in [0, 0.1) is 13.8 Å². The molecular weight excluding hydrogens is 508 g/mol. The zero-order valence-corrected chi connectivity index (χ0v) is 23.7. The van der Waals surface area contributed by atoms with Crippen molar-refractivity contribution in [3.05, 3.63) is 51.2 Å². The molecule has 0 bridgehead atoms. The molecule has 8 nitrogen and oxygen atoms in total. The van der Waals surface area contributed by atoms with Gasteiger partial charge >= 0.3 is 5.97 Å². The number of esters is 1. The highest BCUT2D eigenvalue weighted by atomic mass is 32.2. The maximum atomic E-state index is 12.9. The lowest BCUT2D eigenvalue weighted by molar-refractivity contribution is -0.113. The van der Waals surface area contributed by atoms with Crippen molar-refractivity contribution in [2.24, 2.45) is 7.05 Å². The predicted molar refractivity (Wildman–Crippen MR) is 147 cm³/mol. The smallest absolute Gasteiger partial charge is 0.341 e. The molecule has 1 atom stereocenters. The van der Waals surface area contributed by atoms with E-state index in [1.54, 1.807) is 6.92 Å². The van der Waals surface area contributed by atoms with Gasteiger partial charge in [-0.1, -0.05) is 24.2 Å². The summed E-state index contributed by atoms with van der Waals surface area (Å²) in [7, 11) is 1.87. The second kappa shape index (κ2) is 12.1. The molecule has 1 aliphatic carbocycles. The van der Waals surface area contributed by atoms with Gasteiger partial charge < -0.3 is 19.4 Å². The van der Waals surface area contributed by atoms with E-state index in [-0.39, 0.29) is 23.7 Å². The van der Waals surface area contributed by atoms with Crippen LogP contribution < -0.4 is 10.1 Å². The predicted octanol–water partition coefficient (Wildman–Crippen LogP) is 5.81. The number of benzene rings is 1. The highest BCUT2D eigenvalue weighted by molar-refractivity contribution is 7.99. The number of ether oxygens (including phenoxy) is 2. The summed E-state index contributed by atoms with van der Waals surface area (Å²) in [6.07, 6.45) is 4.75. The first-order valence-electron chi connectivity index (χ1n) is 12.6. The van der Waals surface area contributed by atoms with Crippen LogP contribution in [0.3, 0.4) is 0 Å².